The van der Waals surface area contributed by atoms with Crippen LogP contribution in [0.15, 0.2) is 60.7 Å². The molecule has 1 aliphatic rings. The highest BCUT2D eigenvalue weighted by atomic mass is 32.2. The summed E-state index contributed by atoms with van der Waals surface area (Å²) in [6, 6.07) is 19.1. The molecule has 0 aromatic heterocycles. The summed E-state index contributed by atoms with van der Waals surface area (Å²) in [5.41, 5.74) is 3.47. The number of anilines is 1. The number of hydrogen-bond donors (Lipinski definition) is 1. The van der Waals surface area contributed by atoms with Gasteiger partial charge in [0.2, 0.25) is 15.9 Å². The first-order chi connectivity index (χ1) is 14.3. The summed E-state index contributed by atoms with van der Waals surface area (Å²) < 4.78 is 28.5. The molecule has 30 heavy (non-hydrogen) atoms. The van der Waals surface area contributed by atoms with Crippen molar-refractivity contribution >= 4 is 32.4 Å². The fraction of sp³-hybridized carbons (Fsp3) is 0.292. The van der Waals surface area contributed by atoms with Gasteiger partial charge < -0.3 is 4.90 Å². The largest absolute Gasteiger partial charge is 0.338 e. The minimum Gasteiger partial charge on any atom is -0.338 e. The molecule has 3 aromatic rings. The van der Waals surface area contributed by atoms with Crippen LogP contribution in [0.4, 0.5) is 5.69 Å². The van der Waals surface area contributed by atoms with Gasteiger partial charge in [-0.1, -0.05) is 62.4 Å². The lowest BCUT2D eigenvalue weighted by atomic mass is 9.98. The van der Waals surface area contributed by atoms with E-state index in [-0.39, 0.29) is 17.6 Å². The molecule has 0 saturated carbocycles. The molecular formula is C24H26N2O3S. The molecule has 0 fully saturated rings. The van der Waals surface area contributed by atoms with E-state index in [4.69, 9.17) is 0 Å². The van der Waals surface area contributed by atoms with Crippen molar-refractivity contribution in [2.75, 3.05) is 11.3 Å². The summed E-state index contributed by atoms with van der Waals surface area (Å²) in [6.45, 7) is 5.02. The maximum Gasteiger partial charge on any atom is 0.236 e. The average molecular weight is 423 g/mol. The molecule has 6 heteroatoms. The Balaban J connectivity index is 1.54. The molecule has 0 spiro atoms. The van der Waals surface area contributed by atoms with Gasteiger partial charge in [-0.2, -0.15) is 0 Å². The van der Waals surface area contributed by atoms with Crippen LogP contribution in [0.25, 0.3) is 10.8 Å². The molecule has 1 N–H and O–H groups in total. The maximum atomic E-state index is 12.9. The number of amides is 1. The molecule has 3 aromatic carbocycles. The molecule has 0 radical (unpaired) electrons. The lowest BCUT2D eigenvalue weighted by Crippen LogP contribution is -2.38. The average Bonchev–Trinajstić information content (AvgIpc) is 2.72. The first-order valence-corrected chi connectivity index (χ1v) is 11.9. The van der Waals surface area contributed by atoms with E-state index in [9.17, 15) is 13.2 Å². The Bertz CT molecular complexity index is 1200. The fourth-order valence-electron chi connectivity index (χ4n) is 4.01. The Kier molecular flexibility index (Phi) is 5.52. The third kappa shape index (κ3) is 4.33. The summed E-state index contributed by atoms with van der Waals surface area (Å²) >= 11 is 0. The molecule has 0 unspecified atom stereocenters. The number of carbonyl (C=O) groups is 1. The van der Waals surface area contributed by atoms with Gasteiger partial charge in [-0.3, -0.25) is 9.52 Å². The zero-order valence-electron chi connectivity index (χ0n) is 17.3. The van der Waals surface area contributed by atoms with Crippen LogP contribution in [-0.4, -0.2) is 25.8 Å². The normalized spacial score (nSPS) is 14.0. The Hall–Kier alpha value is -2.86. The molecule has 0 saturated heterocycles. The Morgan fingerprint density at radius 2 is 1.80 bits per heavy atom. The van der Waals surface area contributed by atoms with E-state index in [0.29, 0.717) is 18.8 Å². The lowest BCUT2D eigenvalue weighted by molar-refractivity contribution is -0.135. The number of nitrogens with zero attached hydrogens (tertiary/aromatic N) is 1. The summed E-state index contributed by atoms with van der Waals surface area (Å²) in [7, 11) is -3.58. The number of hydrogen-bond acceptors (Lipinski definition) is 3. The van der Waals surface area contributed by atoms with Gasteiger partial charge >= 0.3 is 0 Å². The van der Waals surface area contributed by atoms with Crippen LogP contribution in [0.1, 0.15) is 30.5 Å². The van der Waals surface area contributed by atoms with Gasteiger partial charge in [-0.25, -0.2) is 8.42 Å². The zero-order chi connectivity index (χ0) is 21.3. The molecule has 0 bridgehead atoms. The van der Waals surface area contributed by atoms with E-state index in [1.54, 1.807) is 6.07 Å². The van der Waals surface area contributed by atoms with E-state index in [1.165, 1.54) is 5.56 Å². The van der Waals surface area contributed by atoms with Gasteiger partial charge in [-0.15, -0.1) is 0 Å². The predicted octanol–water partition coefficient (Wildman–Crippen LogP) is 4.32. The number of fused-ring (bicyclic) bond motifs is 2. The molecular weight excluding hydrogens is 396 g/mol. The second-order valence-electron chi connectivity index (χ2n) is 8.15. The first-order valence-electron chi connectivity index (χ1n) is 10.2. The van der Waals surface area contributed by atoms with Crippen molar-refractivity contribution in [1.29, 1.82) is 0 Å². The van der Waals surface area contributed by atoms with Crippen LogP contribution in [0.5, 0.6) is 0 Å². The van der Waals surface area contributed by atoms with Crippen molar-refractivity contribution in [3.8, 4) is 0 Å². The molecule has 156 valence electrons. The third-order valence-corrected chi connectivity index (χ3v) is 6.76. The number of sulfonamides is 1. The zero-order valence-corrected chi connectivity index (χ0v) is 18.1. The highest BCUT2D eigenvalue weighted by Gasteiger charge is 2.23. The van der Waals surface area contributed by atoms with Crippen molar-refractivity contribution < 1.29 is 13.2 Å². The van der Waals surface area contributed by atoms with Gasteiger partial charge in [-0.05, 0) is 46.0 Å². The first kappa shape index (κ1) is 20.4. The van der Waals surface area contributed by atoms with E-state index >= 15 is 0 Å². The van der Waals surface area contributed by atoms with Crippen molar-refractivity contribution in [2.24, 2.45) is 5.92 Å². The van der Waals surface area contributed by atoms with Gasteiger partial charge in [0.15, 0.2) is 0 Å². The van der Waals surface area contributed by atoms with E-state index < -0.39 is 10.0 Å². The van der Waals surface area contributed by atoms with E-state index in [0.717, 1.165) is 28.3 Å². The summed E-state index contributed by atoms with van der Waals surface area (Å²) in [5, 5.41) is 1.97. The second kappa shape index (κ2) is 8.11. The summed E-state index contributed by atoms with van der Waals surface area (Å²) in [5.74, 6) is -0.0137. The number of carbonyl (C=O) groups excluding carboxylic acids is 1. The number of benzene rings is 3. The molecule has 1 aliphatic heterocycles. The van der Waals surface area contributed by atoms with Crippen molar-refractivity contribution in [3.05, 3.63) is 77.4 Å². The maximum absolute atomic E-state index is 12.9. The van der Waals surface area contributed by atoms with Crippen LogP contribution in [0, 0.1) is 5.92 Å². The monoisotopic (exact) mass is 422 g/mol. The minimum absolute atomic E-state index is 0.0473. The van der Waals surface area contributed by atoms with Crippen LogP contribution < -0.4 is 4.72 Å². The van der Waals surface area contributed by atoms with Crippen LogP contribution in [0.2, 0.25) is 0 Å². The van der Waals surface area contributed by atoms with Crippen molar-refractivity contribution in [1.82, 2.24) is 4.90 Å². The van der Waals surface area contributed by atoms with Crippen molar-refractivity contribution in [3.63, 3.8) is 0 Å². The smallest absolute Gasteiger partial charge is 0.236 e. The van der Waals surface area contributed by atoms with Gasteiger partial charge in [0.05, 0.1) is 5.75 Å². The predicted molar refractivity (Wildman–Crippen MR) is 121 cm³/mol. The number of nitrogens with one attached hydrogen (secondary N) is 1. The molecule has 1 heterocycles. The highest BCUT2D eigenvalue weighted by molar-refractivity contribution is 7.91. The number of rotatable bonds is 5. The fourth-order valence-corrected chi connectivity index (χ4v) is 5.23. The molecule has 4 rings (SSSR count). The lowest BCUT2D eigenvalue weighted by Gasteiger charge is -2.30. The molecule has 0 atom stereocenters. The SMILES string of the molecule is CC(C)C(=O)N1CCc2ccc(NS(=O)(=O)Cc3cccc4ccccc34)cc2C1. The third-order valence-electron chi connectivity index (χ3n) is 5.52. The van der Waals surface area contributed by atoms with Gasteiger partial charge in [0.25, 0.3) is 0 Å². The van der Waals surface area contributed by atoms with Crippen molar-refractivity contribution in [2.45, 2.75) is 32.6 Å². The molecule has 0 aliphatic carbocycles. The highest BCUT2D eigenvalue weighted by Crippen LogP contribution is 2.26. The Labute approximate surface area is 177 Å². The van der Waals surface area contributed by atoms with Gasteiger partial charge in [0.1, 0.15) is 0 Å². The summed E-state index contributed by atoms with van der Waals surface area (Å²) in [6.07, 6.45) is 0.789. The van der Waals surface area contributed by atoms with E-state index in [2.05, 4.69) is 4.72 Å². The quantitative estimate of drug-likeness (QED) is 0.666. The van der Waals surface area contributed by atoms with Crippen LogP contribution in [0.3, 0.4) is 0 Å². The Morgan fingerprint density at radius 3 is 2.60 bits per heavy atom. The topological polar surface area (TPSA) is 66.5 Å². The van der Waals surface area contributed by atoms with Crippen LogP contribution in [-0.2, 0) is 33.5 Å². The Morgan fingerprint density at radius 1 is 1.03 bits per heavy atom. The summed E-state index contributed by atoms with van der Waals surface area (Å²) in [4.78, 5) is 14.2. The standard InChI is InChI=1S/C24H26N2O3S/c1-17(2)24(27)26-13-12-18-10-11-22(14-21(18)15-26)25-30(28,29)16-20-8-5-7-19-6-3-4-9-23(19)20/h3-11,14,17,25H,12-13,15-16H2,1-2H3. The minimum atomic E-state index is -3.58. The van der Waals surface area contributed by atoms with Gasteiger partial charge in [0, 0.05) is 24.7 Å². The second-order valence-corrected chi connectivity index (χ2v) is 9.87. The molecule has 5 nitrogen and oxygen atoms in total. The van der Waals surface area contributed by atoms with Crippen LogP contribution >= 0.6 is 0 Å². The van der Waals surface area contributed by atoms with E-state index in [1.807, 2.05) is 73.3 Å². The molecule has 1 amide bonds.